The Morgan fingerprint density at radius 2 is 0.370 bits per heavy atom. The molecule has 0 radical (unpaired) electrons. The Morgan fingerprint density at radius 3 is 0.790 bits per heavy atom. The predicted octanol–water partition coefficient (Wildman–Crippen LogP) is 34.4. The van der Waals surface area contributed by atoms with E-state index in [-0.39, 0.29) is 0 Å². The van der Waals surface area contributed by atoms with Crippen molar-refractivity contribution in [3.05, 3.63) is 623 Å². The summed E-state index contributed by atoms with van der Waals surface area (Å²) in [6.07, 6.45) is 0. The van der Waals surface area contributed by atoms with Gasteiger partial charge in [0.25, 0.3) is 0 Å². The van der Waals surface area contributed by atoms with Gasteiger partial charge in [-0.2, -0.15) is 0 Å². The van der Waals surface area contributed by atoms with Crippen molar-refractivity contribution in [3.63, 3.8) is 0 Å². The van der Waals surface area contributed by atoms with Crippen LogP contribution in [0.3, 0.4) is 0 Å². The molecule has 0 heterocycles. The molecule has 138 heavy (non-hydrogen) atoms. The Balaban J connectivity index is 0.626. The molecular formula is C136H88N2. The molecule has 6 aliphatic rings. The zero-order valence-electron chi connectivity index (χ0n) is 75.7. The minimum Gasteiger partial charge on any atom is -0.310 e. The van der Waals surface area contributed by atoms with Crippen molar-refractivity contribution in [2.75, 3.05) is 9.80 Å². The maximum Gasteiger partial charge on any atom is 0.0726 e. The molecule has 2 heteroatoms. The average molecular weight is 1750 g/mol. The second-order valence-electron chi connectivity index (χ2n) is 37.7. The number of para-hydroxylation sites is 2. The number of hydrogen-bond acceptors (Lipinski definition) is 2. The van der Waals surface area contributed by atoms with E-state index in [1.54, 1.807) is 0 Å². The van der Waals surface area contributed by atoms with E-state index in [0.29, 0.717) is 0 Å². The van der Waals surface area contributed by atoms with Gasteiger partial charge in [-0.25, -0.2) is 0 Å². The highest BCUT2D eigenvalue weighted by atomic mass is 15.2. The number of nitrogens with zero attached hydrogens (tertiary/aromatic N) is 2. The first-order valence-corrected chi connectivity index (χ1v) is 48.3. The molecule has 2 spiro atoms. The lowest BCUT2D eigenvalue weighted by molar-refractivity contribution is 0.768. The standard InChI is InChI=1S/C136H88N2/c1-6-38-89(39-7-1)92-42-36-43-93(84-92)103-51-25-34-70-130(103)137(100-78-82-114-110-57-22-31-66-122(110)135(128(114)87-100)120-64-29-20-53-106(120)107-54-21-30-65-121(107)135)98-76-80-113-109-56-19-28-63-119(109)134(127(113)85-98,96-48-14-5-15-49-96)97-74-72-91(73-75-97)104-61-37-69-125-132(104)117-60-24-33-68-124(117)136(125)123-67-32-23-58-111(123)115-83-79-101(88-129(115)136)138(131-71-35-26-59-116(131)105-52-17-16-50-102(105)90-40-8-2-9-41-90)99-77-81-112-108-55-18-27-62-118(108)133(126(112)86-99,94-44-10-3-11-45-94)95-46-12-4-13-47-95/h1-88H. The van der Waals surface area contributed by atoms with Gasteiger partial charge in [-0.05, 0) is 267 Å². The lowest BCUT2D eigenvalue weighted by Gasteiger charge is -2.36. The van der Waals surface area contributed by atoms with E-state index in [2.05, 4.69) is 544 Å². The highest BCUT2D eigenvalue weighted by Gasteiger charge is 2.56. The maximum atomic E-state index is 2.58. The molecule has 0 amide bonds. The Labute approximate surface area is 805 Å². The molecule has 22 aromatic rings. The second-order valence-corrected chi connectivity index (χ2v) is 37.7. The van der Waals surface area contributed by atoms with Crippen molar-refractivity contribution in [3.8, 4) is 122 Å². The van der Waals surface area contributed by atoms with Gasteiger partial charge in [-0.15, -0.1) is 0 Å². The van der Waals surface area contributed by atoms with Gasteiger partial charge in [-0.3, -0.25) is 0 Å². The minimum absolute atomic E-state index is 0.573. The van der Waals surface area contributed by atoms with Crippen LogP contribution in [-0.4, -0.2) is 0 Å². The van der Waals surface area contributed by atoms with Crippen LogP contribution in [0.15, 0.2) is 534 Å². The van der Waals surface area contributed by atoms with E-state index in [4.69, 9.17) is 0 Å². The van der Waals surface area contributed by atoms with Gasteiger partial charge in [0.15, 0.2) is 0 Å². The van der Waals surface area contributed by atoms with E-state index < -0.39 is 21.7 Å². The third-order valence-corrected chi connectivity index (χ3v) is 31.3. The maximum absolute atomic E-state index is 2.58. The monoisotopic (exact) mass is 1750 g/mol. The first-order valence-electron chi connectivity index (χ1n) is 48.3. The summed E-state index contributed by atoms with van der Waals surface area (Å²) in [6.45, 7) is 0. The van der Waals surface area contributed by atoms with Gasteiger partial charge in [0.05, 0.1) is 33.0 Å². The van der Waals surface area contributed by atoms with Gasteiger partial charge in [0.1, 0.15) is 0 Å². The molecule has 0 aromatic heterocycles. The normalized spacial score (nSPS) is 15.3. The van der Waals surface area contributed by atoms with Crippen molar-refractivity contribution in [2.24, 2.45) is 0 Å². The van der Waals surface area contributed by atoms with E-state index in [1.807, 2.05) is 0 Å². The van der Waals surface area contributed by atoms with Crippen LogP contribution >= 0.6 is 0 Å². The van der Waals surface area contributed by atoms with Crippen LogP contribution in [0.5, 0.6) is 0 Å². The molecule has 642 valence electrons. The molecule has 0 N–H and O–H groups in total. The molecule has 0 aliphatic heterocycles. The third kappa shape index (κ3) is 11.2. The molecule has 0 saturated heterocycles. The summed E-state index contributed by atoms with van der Waals surface area (Å²) in [5.41, 5.74) is 50.3. The molecule has 2 atom stereocenters. The third-order valence-electron chi connectivity index (χ3n) is 31.3. The fourth-order valence-electron chi connectivity index (χ4n) is 25.9. The van der Waals surface area contributed by atoms with Gasteiger partial charge >= 0.3 is 0 Å². The Hall–Kier alpha value is -17.6. The zero-order valence-corrected chi connectivity index (χ0v) is 75.7. The summed E-state index contributed by atoms with van der Waals surface area (Å²) in [6, 6.07) is 203. The molecule has 0 saturated carbocycles. The number of anilines is 6. The van der Waals surface area contributed by atoms with Crippen LogP contribution in [0.1, 0.15) is 89.0 Å². The van der Waals surface area contributed by atoms with E-state index in [0.717, 1.165) is 61.9 Å². The van der Waals surface area contributed by atoms with Crippen molar-refractivity contribution in [2.45, 2.75) is 21.7 Å². The smallest absolute Gasteiger partial charge is 0.0726 e. The fraction of sp³-hybridized carbons (Fsp3) is 0.0294. The summed E-state index contributed by atoms with van der Waals surface area (Å²) >= 11 is 0. The van der Waals surface area contributed by atoms with Crippen molar-refractivity contribution in [1.82, 2.24) is 0 Å². The van der Waals surface area contributed by atoms with Gasteiger partial charge in [0, 0.05) is 33.9 Å². The quantitative estimate of drug-likeness (QED) is 0.101. The topological polar surface area (TPSA) is 6.48 Å². The van der Waals surface area contributed by atoms with Crippen LogP contribution in [0, 0.1) is 0 Å². The number of hydrogen-bond donors (Lipinski definition) is 0. The molecule has 28 rings (SSSR count). The van der Waals surface area contributed by atoms with Gasteiger partial charge < -0.3 is 9.80 Å². The van der Waals surface area contributed by atoms with Crippen molar-refractivity contribution < 1.29 is 0 Å². The SMILES string of the molecule is c1ccc(-c2cccc(-c3ccccc3N(c3ccc4c(c3)C(c3ccccc3)(c3ccc(-c5cccc6c5-c5ccccc5C65c6ccccc6-c6ccc(N(c7ccc8c(c7)C(c7ccccc7)(c7ccccc7)c7ccccc7-8)c7ccccc7-c7ccccc7-c7ccccc7)cc65)cc3)c3ccccc3-4)c3ccc4c(c3)C3(c5ccccc5-c5ccccc53)c3ccccc3-4)c2)cc1. The summed E-state index contributed by atoms with van der Waals surface area (Å²) in [4.78, 5) is 5.16. The first kappa shape index (κ1) is 79.0. The van der Waals surface area contributed by atoms with Crippen molar-refractivity contribution >= 4 is 34.1 Å². The second kappa shape index (κ2) is 31.0. The molecule has 6 aliphatic carbocycles. The molecule has 0 fully saturated rings. The lowest BCUT2D eigenvalue weighted by Crippen LogP contribution is -2.29. The summed E-state index contributed by atoms with van der Waals surface area (Å²) in [5.74, 6) is 0. The van der Waals surface area contributed by atoms with Crippen LogP contribution < -0.4 is 9.80 Å². The molecule has 2 nitrogen and oxygen atoms in total. The molecule has 0 bridgehead atoms. The predicted molar refractivity (Wildman–Crippen MR) is 570 cm³/mol. The Kier molecular flexibility index (Phi) is 17.8. The fourth-order valence-corrected chi connectivity index (χ4v) is 25.9. The highest BCUT2D eigenvalue weighted by Crippen LogP contribution is 2.69. The zero-order chi connectivity index (χ0) is 90.8. The summed E-state index contributed by atoms with van der Waals surface area (Å²) in [5, 5.41) is 0. The lowest BCUT2D eigenvalue weighted by atomic mass is 9.67. The van der Waals surface area contributed by atoms with Gasteiger partial charge in [-0.1, -0.05) is 467 Å². The number of rotatable bonds is 15. The molecule has 22 aromatic carbocycles. The van der Waals surface area contributed by atoms with Crippen LogP contribution in [0.25, 0.3) is 122 Å². The highest BCUT2D eigenvalue weighted by molar-refractivity contribution is 6.05. The van der Waals surface area contributed by atoms with Crippen molar-refractivity contribution in [1.29, 1.82) is 0 Å². The average Bonchev–Trinajstić information content (AvgIpc) is 1.51. The van der Waals surface area contributed by atoms with Crippen LogP contribution in [0.2, 0.25) is 0 Å². The molecular weight excluding hydrogens is 1660 g/mol. The van der Waals surface area contributed by atoms with E-state index >= 15 is 0 Å². The minimum atomic E-state index is -0.792. The van der Waals surface area contributed by atoms with Crippen LogP contribution in [0.4, 0.5) is 34.1 Å². The van der Waals surface area contributed by atoms with Gasteiger partial charge in [0.2, 0.25) is 0 Å². The summed E-state index contributed by atoms with van der Waals surface area (Å²) < 4.78 is 0. The number of benzene rings is 22. The Bertz CT molecular complexity index is 8610. The summed E-state index contributed by atoms with van der Waals surface area (Å²) in [7, 11) is 0. The number of fused-ring (bicyclic) bond motifs is 26. The van der Waals surface area contributed by atoms with Crippen LogP contribution in [-0.2, 0) is 21.7 Å². The van der Waals surface area contributed by atoms with E-state index in [1.165, 1.54) is 184 Å². The molecule has 2 unspecified atom stereocenters. The van der Waals surface area contributed by atoms with E-state index in [9.17, 15) is 0 Å². The first-order chi connectivity index (χ1) is 68.5. The largest absolute Gasteiger partial charge is 0.310 e. The Morgan fingerprint density at radius 1 is 0.116 bits per heavy atom.